The van der Waals surface area contributed by atoms with Crippen LogP contribution in [0.2, 0.25) is 0 Å². The number of rotatable bonds is 10. The van der Waals surface area contributed by atoms with Crippen molar-refractivity contribution < 1.29 is 76.2 Å². The lowest BCUT2D eigenvalue weighted by atomic mass is 9.81. The van der Waals surface area contributed by atoms with Gasteiger partial charge in [0.1, 0.15) is 24.8 Å². The summed E-state index contributed by atoms with van der Waals surface area (Å²) in [5, 5.41) is 14.9. The van der Waals surface area contributed by atoms with Crippen LogP contribution in [0.1, 0.15) is 85.5 Å². The van der Waals surface area contributed by atoms with E-state index in [2.05, 4.69) is 5.32 Å². The van der Waals surface area contributed by atoms with Crippen molar-refractivity contribution in [1.82, 2.24) is 14.9 Å². The molecule has 1 saturated heterocycles. The summed E-state index contributed by atoms with van der Waals surface area (Å²) in [7, 11) is 1.05. The van der Waals surface area contributed by atoms with Crippen LogP contribution in [0.25, 0.3) is 22.3 Å². The van der Waals surface area contributed by atoms with Crippen LogP contribution in [0.4, 0.5) is 14.9 Å². The SMILES string of the molecule is CC[C@@]1(O)C(=O)OCc2c1cc1n(c2=O)Cc2c-1nc1cc(F)c(C)c3c1c2[C@@H](NC(=O)OCc1ccc(O[C@@H]2O[C@H](C(=O)OC)[C@@H](OC(C)=O)[C@H](OC(C)=O)[C@H]2OC(C)=O)c(N)c1)CC3. The molecule has 0 radical (unpaired) electrons. The molecule has 1 aliphatic carbocycles. The van der Waals surface area contributed by atoms with E-state index in [0.717, 1.165) is 27.9 Å². The predicted molar refractivity (Wildman–Crippen MR) is 222 cm³/mol. The average molecular weight is 917 g/mol. The van der Waals surface area contributed by atoms with E-state index in [-0.39, 0.29) is 48.7 Å². The second-order valence-electron chi connectivity index (χ2n) is 16.3. The first-order valence-electron chi connectivity index (χ1n) is 20.9. The van der Waals surface area contributed by atoms with E-state index in [1.807, 2.05) is 0 Å². The minimum atomic E-state index is -2.06. The van der Waals surface area contributed by atoms with Crippen molar-refractivity contribution in [2.75, 3.05) is 12.8 Å². The summed E-state index contributed by atoms with van der Waals surface area (Å²) in [5.74, 6) is -5.01. The minimum Gasteiger partial charge on any atom is -0.467 e. The quantitative estimate of drug-likeness (QED) is 0.103. The van der Waals surface area contributed by atoms with E-state index in [9.17, 15) is 38.7 Å². The predicted octanol–water partition coefficient (Wildman–Crippen LogP) is 3.09. The molecular formula is C45H45FN4O16. The Hall–Kier alpha value is -7.13. The van der Waals surface area contributed by atoms with Gasteiger partial charge in [0.15, 0.2) is 23.9 Å². The molecule has 0 spiro atoms. The van der Waals surface area contributed by atoms with Crippen molar-refractivity contribution in [3.63, 3.8) is 0 Å². The van der Waals surface area contributed by atoms with Crippen LogP contribution in [-0.4, -0.2) is 88.4 Å². The van der Waals surface area contributed by atoms with Crippen molar-refractivity contribution >= 4 is 52.5 Å². The average Bonchev–Trinajstić information content (AvgIpc) is 3.64. The number of aromatic nitrogens is 2. The second-order valence-corrected chi connectivity index (χ2v) is 16.3. The van der Waals surface area contributed by atoms with Crippen molar-refractivity contribution in [3.05, 3.63) is 85.4 Å². The number of halogens is 1. The van der Waals surface area contributed by atoms with Crippen molar-refractivity contribution in [1.29, 1.82) is 0 Å². The van der Waals surface area contributed by atoms with E-state index in [1.165, 1.54) is 28.8 Å². The van der Waals surface area contributed by atoms with Gasteiger partial charge in [-0.15, -0.1) is 0 Å². The van der Waals surface area contributed by atoms with Gasteiger partial charge in [0.2, 0.25) is 12.4 Å². The molecule has 2 aromatic heterocycles. The monoisotopic (exact) mass is 916 g/mol. The molecule has 1 fully saturated rings. The number of esters is 5. The number of carbonyl (C=O) groups is 6. The number of amides is 1. The Balaban J connectivity index is 1.04. The third-order valence-corrected chi connectivity index (χ3v) is 12.2. The third kappa shape index (κ3) is 7.90. The van der Waals surface area contributed by atoms with Gasteiger partial charge in [0.05, 0.1) is 47.9 Å². The van der Waals surface area contributed by atoms with Crippen LogP contribution in [-0.2, 0) is 88.9 Å². The highest BCUT2D eigenvalue weighted by atomic mass is 19.1. The number of hydrogen-bond acceptors (Lipinski definition) is 18. The van der Waals surface area contributed by atoms with Gasteiger partial charge < -0.3 is 58.6 Å². The highest BCUT2D eigenvalue weighted by Gasteiger charge is 2.56. The van der Waals surface area contributed by atoms with E-state index >= 15 is 4.39 Å². The van der Waals surface area contributed by atoms with Crippen LogP contribution in [0, 0.1) is 12.7 Å². The lowest BCUT2D eigenvalue weighted by Crippen LogP contribution is -2.64. The molecule has 7 atom stereocenters. The van der Waals surface area contributed by atoms with E-state index in [1.54, 1.807) is 19.9 Å². The number of carbonyl (C=O) groups excluding carboxylic acids is 6. The van der Waals surface area contributed by atoms with Crippen LogP contribution in [0.15, 0.2) is 35.1 Å². The number of ether oxygens (including phenoxy) is 8. The van der Waals surface area contributed by atoms with Gasteiger partial charge in [-0.3, -0.25) is 19.2 Å². The number of nitrogen functional groups attached to an aromatic ring is 1. The number of cyclic esters (lactones) is 1. The zero-order chi connectivity index (χ0) is 47.5. The first-order chi connectivity index (χ1) is 31.3. The molecule has 8 rings (SSSR count). The summed E-state index contributed by atoms with van der Waals surface area (Å²) >= 11 is 0. The van der Waals surface area contributed by atoms with Gasteiger partial charge in [0, 0.05) is 43.4 Å². The Morgan fingerprint density at radius 2 is 1.68 bits per heavy atom. The fourth-order valence-corrected chi connectivity index (χ4v) is 9.13. The lowest BCUT2D eigenvalue weighted by molar-refractivity contribution is -0.282. The smallest absolute Gasteiger partial charge is 0.407 e. The third-order valence-electron chi connectivity index (χ3n) is 12.2. The Morgan fingerprint density at radius 3 is 2.35 bits per heavy atom. The number of benzene rings is 2. The molecule has 4 N–H and O–H groups in total. The standard InChI is InChI=1S/C45H45FN4O16/c1-7-45(58)26-13-31-35-24(15-50(31)40(54)25(26)17-60-43(45)56)34-29(10-9-23-18(2)27(46)14-30(48-35)33(23)34)49-44(57)61-16-22-8-11-32(28(47)12-22)65-42-39(64-21(5)53)37(63-20(4)52)36(62-19(3)51)38(66-42)41(55)59-6/h8,11-14,29,36-39,42,58H,7,9-10,15-17,47H2,1-6H3,(H,49,57)/t29-,36-,37-,38-,39+,42+,45-/m0/s1. The highest BCUT2D eigenvalue weighted by molar-refractivity contribution is 5.93. The number of pyridine rings is 2. The number of anilines is 1. The first-order valence-corrected chi connectivity index (χ1v) is 20.9. The molecule has 21 heteroatoms. The summed E-state index contributed by atoms with van der Waals surface area (Å²) in [4.78, 5) is 94.5. The number of alkyl carbamates (subject to hydrolysis) is 1. The van der Waals surface area contributed by atoms with Crippen LogP contribution >= 0.6 is 0 Å². The van der Waals surface area contributed by atoms with E-state index in [4.69, 9.17) is 48.6 Å². The molecule has 2 aromatic carbocycles. The Kier molecular flexibility index (Phi) is 11.9. The summed E-state index contributed by atoms with van der Waals surface area (Å²) in [6.45, 7) is 5.86. The number of nitrogens with zero attached hydrogens (tertiary/aromatic N) is 2. The normalized spacial score (nSPS) is 23.6. The van der Waals surface area contributed by atoms with Gasteiger partial charge in [-0.25, -0.2) is 23.8 Å². The molecule has 4 aliphatic rings. The van der Waals surface area contributed by atoms with Crippen LogP contribution in [0.5, 0.6) is 5.75 Å². The fraction of sp³-hybridized carbons (Fsp3) is 0.422. The zero-order valence-corrected chi connectivity index (χ0v) is 36.5. The Morgan fingerprint density at radius 1 is 0.985 bits per heavy atom. The maximum atomic E-state index is 15.4. The van der Waals surface area contributed by atoms with Gasteiger partial charge in [-0.05, 0) is 66.6 Å². The second kappa shape index (κ2) is 17.3. The van der Waals surface area contributed by atoms with Crippen LogP contribution in [0.3, 0.4) is 0 Å². The van der Waals surface area contributed by atoms with Gasteiger partial charge in [-0.1, -0.05) is 13.0 Å². The molecule has 0 unspecified atom stereocenters. The Bertz CT molecular complexity index is 2810. The molecule has 0 saturated carbocycles. The number of hydrogen-bond donors (Lipinski definition) is 3. The number of aliphatic hydroxyl groups is 1. The molecule has 1 amide bonds. The summed E-state index contributed by atoms with van der Waals surface area (Å²) in [6.07, 6.45) is -8.30. The number of aryl methyl sites for hydroxylation is 1. The van der Waals surface area contributed by atoms with Gasteiger partial charge in [0.25, 0.3) is 5.56 Å². The largest absolute Gasteiger partial charge is 0.467 e. The van der Waals surface area contributed by atoms with Gasteiger partial charge >= 0.3 is 35.9 Å². The van der Waals surface area contributed by atoms with Crippen molar-refractivity contribution in [3.8, 4) is 17.1 Å². The van der Waals surface area contributed by atoms with Crippen LogP contribution < -0.4 is 21.3 Å². The highest BCUT2D eigenvalue weighted by Crippen LogP contribution is 2.46. The Labute approximate surface area is 374 Å². The fourth-order valence-electron chi connectivity index (χ4n) is 9.13. The molecule has 5 heterocycles. The number of nitrogens with two attached hydrogens (primary N) is 1. The molecule has 348 valence electrons. The molecule has 3 aliphatic heterocycles. The topological polar surface area (TPSA) is 269 Å². The van der Waals surface area contributed by atoms with Crippen molar-refractivity contribution in [2.24, 2.45) is 0 Å². The summed E-state index contributed by atoms with van der Waals surface area (Å²) < 4.78 is 60.4. The van der Waals surface area contributed by atoms with E-state index in [0.29, 0.717) is 62.9 Å². The summed E-state index contributed by atoms with van der Waals surface area (Å²) in [6, 6.07) is 6.51. The maximum Gasteiger partial charge on any atom is 0.407 e. The van der Waals surface area contributed by atoms with Crippen molar-refractivity contribution in [2.45, 2.75) is 116 Å². The zero-order valence-electron chi connectivity index (χ0n) is 36.5. The molecule has 20 nitrogen and oxygen atoms in total. The molecule has 66 heavy (non-hydrogen) atoms. The number of nitrogens with one attached hydrogen (secondary N) is 1. The lowest BCUT2D eigenvalue weighted by Gasteiger charge is -2.43. The minimum absolute atomic E-state index is 0.0199. The van der Waals surface area contributed by atoms with Gasteiger partial charge in [-0.2, -0.15) is 0 Å². The summed E-state index contributed by atoms with van der Waals surface area (Å²) in [5.41, 5.74) is 7.81. The molecule has 0 bridgehead atoms. The maximum absolute atomic E-state index is 15.4. The number of methoxy groups -OCH3 is 1. The molecular weight excluding hydrogens is 872 g/mol. The number of fused-ring (bicyclic) bond motifs is 5. The molecule has 4 aromatic rings. The van der Waals surface area contributed by atoms with E-state index < -0.39 is 89.7 Å². The first kappa shape index (κ1) is 45.4.